The van der Waals surface area contributed by atoms with Gasteiger partial charge in [0.2, 0.25) is 0 Å². The predicted molar refractivity (Wildman–Crippen MR) is 87.3 cm³/mol. The van der Waals surface area contributed by atoms with Gasteiger partial charge in [-0.2, -0.15) is 0 Å². The van der Waals surface area contributed by atoms with Crippen LogP contribution in [0.1, 0.15) is 15.9 Å². The minimum absolute atomic E-state index is 0.0628. The molecule has 0 heterocycles. The monoisotopic (exact) mass is 358 g/mol. The Balaban J connectivity index is 2.41. The third kappa shape index (κ3) is 3.32. The first kappa shape index (κ1) is 16.5. The van der Waals surface area contributed by atoms with E-state index >= 15 is 0 Å². The number of hydrogen-bond acceptors (Lipinski definition) is 3. The molecule has 0 aliphatic rings. The maximum atomic E-state index is 12.3. The average Bonchev–Trinajstić information content (AvgIpc) is 2.43. The van der Waals surface area contributed by atoms with Crippen molar-refractivity contribution in [3.8, 4) is 0 Å². The topological polar surface area (TPSA) is 72.2 Å². The summed E-state index contributed by atoms with van der Waals surface area (Å²) in [5.74, 6) is -0.657. The average molecular weight is 360 g/mol. The summed E-state index contributed by atoms with van der Waals surface area (Å²) in [7, 11) is 0. The molecule has 114 valence electrons. The molecule has 5 nitrogen and oxygen atoms in total. The number of benzene rings is 2. The molecule has 0 saturated carbocycles. The third-order valence-corrected chi connectivity index (χ3v) is 3.96. The Morgan fingerprint density at radius 1 is 1.14 bits per heavy atom. The summed E-state index contributed by atoms with van der Waals surface area (Å²) in [6.45, 7) is 1.56. The molecular weight excluding hydrogens is 351 g/mol. The van der Waals surface area contributed by atoms with Crippen molar-refractivity contribution >= 4 is 52.1 Å². The molecule has 2 aromatic rings. The van der Waals surface area contributed by atoms with Crippen LogP contribution in [0.5, 0.6) is 0 Å². The van der Waals surface area contributed by atoms with E-state index in [0.717, 1.165) is 0 Å². The summed E-state index contributed by atoms with van der Waals surface area (Å²) in [6.07, 6.45) is 0. The Morgan fingerprint density at radius 3 is 2.41 bits per heavy atom. The number of amides is 1. The summed E-state index contributed by atoms with van der Waals surface area (Å²) < 4.78 is 0. The normalized spacial score (nSPS) is 10.4. The Hall–Kier alpha value is -1.82. The zero-order valence-corrected chi connectivity index (χ0v) is 13.5. The van der Waals surface area contributed by atoms with Crippen molar-refractivity contribution in [1.29, 1.82) is 0 Å². The van der Waals surface area contributed by atoms with Crippen LogP contribution >= 0.6 is 34.8 Å². The van der Waals surface area contributed by atoms with Gasteiger partial charge in [-0.25, -0.2) is 0 Å². The molecule has 0 aliphatic carbocycles. The molecular formula is C14H9Cl3N2O3. The van der Waals surface area contributed by atoms with Gasteiger partial charge in [0.25, 0.3) is 11.6 Å². The highest BCUT2D eigenvalue weighted by Gasteiger charge is 2.23. The van der Waals surface area contributed by atoms with Crippen molar-refractivity contribution in [2.45, 2.75) is 6.92 Å². The molecule has 2 rings (SSSR count). The fourth-order valence-corrected chi connectivity index (χ4v) is 2.49. The summed E-state index contributed by atoms with van der Waals surface area (Å²) in [4.78, 5) is 22.8. The van der Waals surface area contributed by atoms with E-state index in [0.29, 0.717) is 5.56 Å². The van der Waals surface area contributed by atoms with Gasteiger partial charge in [0.1, 0.15) is 5.56 Å². The Bertz CT molecular complexity index is 778. The highest BCUT2D eigenvalue weighted by atomic mass is 35.5. The van der Waals surface area contributed by atoms with Gasteiger partial charge in [0, 0.05) is 5.56 Å². The van der Waals surface area contributed by atoms with Gasteiger partial charge in [-0.3, -0.25) is 14.9 Å². The van der Waals surface area contributed by atoms with Gasteiger partial charge < -0.3 is 5.32 Å². The van der Waals surface area contributed by atoms with Crippen molar-refractivity contribution in [1.82, 2.24) is 0 Å². The van der Waals surface area contributed by atoms with E-state index in [1.54, 1.807) is 19.1 Å². The van der Waals surface area contributed by atoms with E-state index < -0.39 is 10.8 Å². The number of para-hydroxylation sites is 1. The standard InChI is InChI=1S/C14H9Cl3N2O3/c1-7-3-2-4-8(13(7)19(21)22)14(20)18-12-6-10(16)9(15)5-11(12)17/h2-6H,1H3,(H,18,20). The molecule has 0 radical (unpaired) electrons. The quantitative estimate of drug-likeness (QED) is 0.470. The lowest BCUT2D eigenvalue weighted by atomic mass is 10.1. The van der Waals surface area contributed by atoms with Crippen molar-refractivity contribution in [3.05, 3.63) is 66.6 Å². The largest absolute Gasteiger partial charge is 0.320 e. The van der Waals surface area contributed by atoms with Gasteiger partial charge >= 0.3 is 0 Å². The van der Waals surface area contributed by atoms with E-state index in [-0.39, 0.29) is 32.0 Å². The van der Waals surface area contributed by atoms with Crippen LogP contribution < -0.4 is 5.32 Å². The zero-order valence-electron chi connectivity index (χ0n) is 11.2. The number of nitro groups is 1. The molecule has 1 N–H and O–H groups in total. The third-order valence-electron chi connectivity index (χ3n) is 2.92. The number of nitrogens with zero attached hydrogens (tertiary/aromatic N) is 1. The lowest BCUT2D eigenvalue weighted by Crippen LogP contribution is -2.15. The number of halogens is 3. The molecule has 0 unspecified atom stereocenters. The van der Waals surface area contributed by atoms with E-state index in [1.165, 1.54) is 18.2 Å². The van der Waals surface area contributed by atoms with Crippen LogP contribution in [0.25, 0.3) is 0 Å². The number of nitrogens with one attached hydrogen (secondary N) is 1. The van der Waals surface area contributed by atoms with Gasteiger partial charge in [-0.1, -0.05) is 46.9 Å². The lowest BCUT2D eigenvalue weighted by Gasteiger charge is -2.09. The first-order chi connectivity index (χ1) is 10.3. The number of hydrogen-bond donors (Lipinski definition) is 1. The second-order valence-corrected chi connectivity index (χ2v) is 5.65. The SMILES string of the molecule is Cc1cccc(C(=O)Nc2cc(Cl)c(Cl)cc2Cl)c1[N+](=O)[O-]. The molecule has 0 aliphatic heterocycles. The van der Waals surface area contributed by atoms with Crippen molar-refractivity contribution in [2.24, 2.45) is 0 Å². The van der Waals surface area contributed by atoms with Crippen molar-refractivity contribution < 1.29 is 9.72 Å². The maximum absolute atomic E-state index is 12.3. The summed E-state index contributed by atoms with van der Waals surface area (Å²) in [5, 5.41) is 14.3. The summed E-state index contributed by atoms with van der Waals surface area (Å²) >= 11 is 17.7. The Labute approximate surface area is 140 Å². The highest BCUT2D eigenvalue weighted by molar-refractivity contribution is 6.44. The highest BCUT2D eigenvalue weighted by Crippen LogP contribution is 2.33. The fourth-order valence-electron chi connectivity index (χ4n) is 1.89. The number of anilines is 1. The Morgan fingerprint density at radius 2 is 1.77 bits per heavy atom. The van der Waals surface area contributed by atoms with Gasteiger partial charge in [-0.15, -0.1) is 0 Å². The molecule has 0 bridgehead atoms. The predicted octanol–water partition coefficient (Wildman–Crippen LogP) is 5.12. The van der Waals surface area contributed by atoms with Gasteiger partial charge in [-0.05, 0) is 25.1 Å². The van der Waals surface area contributed by atoms with Crippen LogP contribution in [0.3, 0.4) is 0 Å². The molecule has 0 spiro atoms. The van der Waals surface area contributed by atoms with E-state index in [4.69, 9.17) is 34.8 Å². The molecule has 2 aromatic carbocycles. The molecule has 0 atom stereocenters. The van der Waals surface area contributed by atoms with Crippen LogP contribution in [-0.4, -0.2) is 10.8 Å². The van der Waals surface area contributed by atoms with Gasteiger partial charge in [0.05, 0.1) is 25.7 Å². The van der Waals surface area contributed by atoms with E-state index in [9.17, 15) is 14.9 Å². The minimum atomic E-state index is -0.657. The van der Waals surface area contributed by atoms with Gasteiger partial charge in [0.15, 0.2) is 0 Å². The Kier molecular flexibility index (Phi) is 4.90. The number of carbonyl (C=O) groups excluding carboxylic acids is 1. The summed E-state index contributed by atoms with van der Waals surface area (Å²) in [6, 6.07) is 7.25. The first-order valence-corrected chi connectivity index (χ1v) is 7.14. The van der Waals surface area contributed by atoms with E-state index in [2.05, 4.69) is 5.32 Å². The van der Waals surface area contributed by atoms with Crippen LogP contribution in [0.4, 0.5) is 11.4 Å². The molecule has 0 fully saturated rings. The van der Waals surface area contributed by atoms with Crippen molar-refractivity contribution in [3.63, 3.8) is 0 Å². The molecule has 22 heavy (non-hydrogen) atoms. The number of rotatable bonds is 3. The molecule has 8 heteroatoms. The lowest BCUT2D eigenvalue weighted by molar-refractivity contribution is -0.385. The van der Waals surface area contributed by atoms with Crippen LogP contribution in [0.2, 0.25) is 15.1 Å². The van der Waals surface area contributed by atoms with Crippen LogP contribution in [0, 0.1) is 17.0 Å². The number of carbonyl (C=O) groups is 1. The van der Waals surface area contributed by atoms with Crippen LogP contribution in [-0.2, 0) is 0 Å². The smallest absolute Gasteiger partial charge is 0.285 e. The van der Waals surface area contributed by atoms with Crippen molar-refractivity contribution in [2.75, 3.05) is 5.32 Å². The number of aryl methyl sites for hydroxylation is 1. The zero-order chi connectivity index (χ0) is 16.4. The summed E-state index contributed by atoms with van der Waals surface area (Å²) in [5.41, 5.74) is 0.290. The fraction of sp³-hybridized carbons (Fsp3) is 0.0714. The van der Waals surface area contributed by atoms with E-state index in [1.807, 2.05) is 0 Å². The first-order valence-electron chi connectivity index (χ1n) is 6.01. The van der Waals surface area contributed by atoms with Crippen LogP contribution in [0.15, 0.2) is 30.3 Å². The second-order valence-electron chi connectivity index (χ2n) is 4.43. The molecule has 0 aromatic heterocycles. The molecule has 1 amide bonds. The minimum Gasteiger partial charge on any atom is -0.320 e. The number of nitro benzene ring substituents is 1. The maximum Gasteiger partial charge on any atom is 0.285 e. The second kappa shape index (κ2) is 6.52. The molecule has 0 saturated heterocycles.